The van der Waals surface area contributed by atoms with Gasteiger partial charge in [-0.3, -0.25) is 4.79 Å². The Labute approximate surface area is 140 Å². The van der Waals surface area contributed by atoms with Gasteiger partial charge in [-0.25, -0.2) is 0 Å². The average molecular weight is 373 g/mol. The third kappa shape index (κ3) is 4.29. The molecule has 1 aromatic carbocycles. The van der Waals surface area contributed by atoms with Crippen molar-refractivity contribution in [1.82, 2.24) is 5.32 Å². The predicted molar refractivity (Wildman–Crippen MR) is 76.5 cm³/mol. The maximum atomic E-state index is 12.8. The molecule has 1 aromatic rings. The Morgan fingerprint density at radius 1 is 1.00 bits per heavy atom. The van der Waals surface area contributed by atoms with Gasteiger partial charge in [0.1, 0.15) is 0 Å². The molecular formula is C15H17F6NO3. The second-order valence-electron chi connectivity index (χ2n) is 5.32. The molecule has 1 amide bonds. The number of rotatable bonds is 6. The summed E-state index contributed by atoms with van der Waals surface area (Å²) in [7, 11) is 2.79. The highest BCUT2D eigenvalue weighted by molar-refractivity contribution is 5.84. The van der Waals surface area contributed by atoms with Gasteiger partial charge in [-0.05, 0) is 31.0 Å². The zero-order valence-electron chi connectivity index (χ0n) is 13.6. The van der Waals surface area contributed by atoms with E-state index in [-0.39, 0.29) is 13.3 Å². The Morgan fingerprint density at radius 3 is 1.96 bits per heavy atom. The molecule has 0 atom stereocenters. The zero-order valence-corrected chi connectivity index (χ0v) is 13.6. The molecule has 0 saturated carbocycles. The number of alkyl halides is 6. The summed E-state index contributed by atoms with van der Waals surface area (Å²) in [6.07, 6.45) is -11.5. The van der Waals surface area contributed by atoms with E-state index in [9.17, 15) is 31.1 Å². The van der Waals surface area contributed by atoms with Crippen LogP contribution in [0.15, 0.2) is 18.2 Å². The van der Waals surface area contributed by atoms with Crippen molar-refractivity contribution < 1.29 is 40.6 Å². The van der Waals surface area contributed by atoms with Crippen LogP contribution in [0.1, 0.15) is 12.5 Å². The van der Waals surface area contributed by atoms with Gasteiger partial charge in [0, 0.05) is 6.54 Å². The summed E-state index contributed by atoms with van der Waals surface area (Å²) in [4.78, 5) is 11.6. The minimum atomic E-state index is -5.77. The normalized spacial score (nSPS) is 12.7. The molecule has 0 fully saturated rings. The first-order valence-electron chi connectivity index (χ1n) is 7.01. The Kier molecular flexibility index (Phi) is 6.19. The average Bonchev–Trinajstić information content (AvgIpc) is 2.51. The maximum Gasteiger partial charge on any atom is 0.411 e. The van der Waals surface area contributed by atoms with Crippen molar-refractivity contribution in [2.45, 2.75) is 25.7 Å². The van der Waals surface area contributed by atoms with Crippen LogP contribution in [0.5, 0.6) is 11.5 Å². The van der Waals surface area contributed by atoms with Gasteiger partial charge in [-0.1, -0.05) is 6.07 Å². The molecule has 4 nitrogen and oxygen atoms in total. The smallest absolute Gasteiger partial charge is 0.411 e. The van der Waals surface area contributed by atoms with Crippen LogP contribution in [-0.2, 0) is 11.2 Å². The molecule has 0 aliphatic heterocycles. The molecule has 0 unspecified atom stereocenters. The van der Waals surface area contributed by atoms with Crippen LogP contribution in [0.3, 0.4) is 0 Å². The van der Waals surface area contributed by atoms with Crippen molar-refractivity contribution in [3.63, 3.8) is 0 Å². The number of amides is 1. The molecule has 1 rings (SSSR count). The van der Waals surface area contributed by atoms with Crippen LogP contribution in [0.25, 0.3) is 0 Å². The molecule has 0 aromatic heterocycles. The summed E-state index contributed by atoms with van der Waals surface area (Å²) in [5, 5.41) is 1.70. The van der Waals surface area contributed by atoms with Crippen molar-refractivity contribution in [1.29, 1.82) is 0 Å². The van der Waals surface area contributed by atoms with Crippen LogP contribution < -0.4 is 14.8 Å². The number of benzene rings is 1. The van der Waals surface area contributed by atoms with Crippen molar-refractivity contribution >= 4 is 5.91 Å². The van der Waals surface area contributed by atoms with Crippen LogP contribution in [-0.4, -0.2) is 39.0 Å². The number of hydrogen-bond acceptors (Lipinski definition) is 3. The van der Waals surface area contributed by atoms with E-state index in [2.05, 4.69) is 0 Å². The number of ether oxygens (including phenoxy) is 2. The lowest BCUT2D eigenvalue weighted by Crippen LogP contribution is -2.57. The van der Waals surface area contributed by atoms with Gasteiger partial charge in [0.15, 0.2) is 11.5 Å². The van der Waals surface area contributed by atoms with Gasteiger partial charge in [-0.2, -0.15) is 26.3 Å². The number of carbonyl (C=O) groups excluding carboxylic acids is 1. The van der Waals surface area contributed by atoms with Gasteiger partial charge in [0.05, 0.1) is 14.2 Å². The molecule has 1 N–H and O–H groups in total. The highest BCUT2D eigenvalue weighted by atomic mass is 19.4. The van der Waals surface area contributed by atoms with E-state index in [1.165, 1.54) is 26.4 Å². The number of methoxy groups -OCH3 is 2. The van der Waals surface area contributed by atoms with Crippen molar-refractivity contribution in [3.8, 4) is 11.5 Å². The summed E-state index contributed by atoms with van der Waals surface area (Å²) in [5.41, 5.74) is -3.93. The van der Waals surface area contributed by atoms with E-state index >= 15 is 0 Å². The fourth-order valence-electron chi connectivity index (χ4n) is 1.95. The zero-order chi connectivity index (χ0) is 19.5. The molecule has 0 bridgehead atoms. The van der Waals surface area contributed by atoms with Crippen molar-refractivity contribution in [2.75, 3.05) is 20.8 Å². The Balaban J connectivity index is 2.82. The van der Waals surface area contributed by atoms with Gasteiger partial charge in [0.2, 0.25) is 11.3 Å². The number of halogens is 6. The lowest BCUT2D eigenvalue weighted by molar-refractivity contribution is -0.319. The van der Waals surface area contributed by atoms with Crippen molar-refractivity contribution in [2.24, 2.45) is 5.41 Å². The minimum absolute atomic E-state index is 0.0118. The largest absolute Gasteiger partial charge is 0.493 e. The van der Waals surface area contributed by atoms with E-state index in [1.54, 1.807) is 11.4 Å². The molecular weight excluding hydrogens is 356 g/mol. The highest BCUT2D eigenvalue weighted by Crippen LogP contribution is 2.50. The SMILES string of the molecule is COc1ccc(CCNC(=O)C(C)(C(F)(F)F)C(F)(F)F)cc1OC. The van der Waals surface area contributed by atoms with Crippen LogP contribution >= 0.6 is 0 Å². The number of nitrogens with one attached hydrogen (secondary N) is 1. The number of hydrogen-bond donors (Lipinski definition) is 1. The van der Waals surface area contributed by atoms with Crippen LogP contribution in [0.4, 0.5) is 26.3 Å². The molecule has 25 heavy (non-hydrogen) atoms. The first-order chi connectivity index (χ1) is 11.4. The molecule has 0 radical (unpaired) electrons. The maximum absolute atomic E-state index is 12.8. The summed E-state index contributed by atoms with van der Waals surface area (Å²) < 4.78 is 86.7. The monoisotopic (exact) mass is 373 g/mol. The molecule has 142 valence electrons. The first kappa shape index (κ1) is 20.9. The van der Waals surface area contributed by atoms with E-state index < -0.39 is 30.2 Å². The second kappa shape index (κ2) is 7.40. The second-order valence-corrected chi connectivity index (χ2v) is 5.32. The van der Waals surface area contributed by atoms with E-state index in [1.807, 2.05) is 0 Å². The third-order valence-electron chi connectivity index (χ3n) is 3.74. The predicted octanol–water partition coefficient (Wildman–Crippen LogP) is 3.49. The lowest BCUT2D eigenvalue weighted by Gasteiger charge is -2.32. The van der Waals surface area contributed by atoms with E-state index in [0.717, 1.165) is 0 Å². The highest BCUT2D eigenvalue weighted by Gasteiger charge is 2.72. The third-order valence-corrected chi connectivity index (χ3v) is 3.74. The van der Waals surface area contributed by atoms with Crippen LogP contribution in [0, 0.1) is 5.41 Å². The van der Waals surface area contributed by atoms with Crippen LogP contribution in [0.2, 0.25) is 0 Å². The summed E-state index contributed by atoms with van der Waals surface area (Å²) >= 11 is 0. The molecule has 10 heteroatoms. The quantitative estimate of drug-likeness (QED) is 0.777. The first-order valence-corrected chi connectivity index (χ1v) is 7.01. The fraction of sp³-hybridized carbons (Fsp3) is 0.533. The minimum Gasteiger partial charge on any atom is -0.493 e. The Morgan fingerprint density at radius 2 is 1.52 bits per heavy atom. The van der Waals surface area contributed by atoms with E-state index in [4.69, 9.17) is 9.47 Å². The Hall–Kier alpha value is -2.13. The summed E-state index contributed by atoms with van der Waals surface area (Å²) in [6.45, 7) is -0.588. The fourth-order valence-corrected chi connectivity index (χ4v) is 1.95. The summed E-state index contributed by atoms with van der Waals surface area (Å²) in [6, 6.07) is 4.60. The molecule has 0 spiro atoms. The summed E-state index contributed by atoms with van der Waals surface area (Å²) in [5.74, 6) is -1.38. The molecule has 0 saturated heterocycles. The van der Waals surface area contributed by atoms with Crippen molar-refractivity contribution in [3.05, 3.63) is 23.8 Å². The topological polar surface area (TPSA) is 47.6 Å². The van der Waals surface area contributed by atoms with Gasteiger partial charge >= 0.3 is 12.4 Å². The molecule has 0 aliphatic carbocycles. The standard InChI is InChI=1S/C15H17F6NO3/c1-13(14(16,17)18,15(19,20)21)12(23)22-7-6-9-4-5-10(24-2)11(8-9)25-3/h4-5,8H,6-7H2,1-3H3,(H,22,23). The van der Waals surface area contributed by atoms with Gasteiger partial charge in [-0.15, -0.1) is 0 Å². The van der Waals surface area contributed by atoms with Gasteiger partial charge in [0.25, 0.3) is 0 Å². The van der Waals surface area contributed by atoms with Gasteiger partial charge < -0.3 is 14.8 Å². The number of carbonyl (C=O) groups is 1. The Bertz CT molecular complexity index is 598. The molecule has 0 heterocycles. The lowest BCUT2D eigenvalue weighted by atomic mass is 9.87. The molecule has 0 aliphatic rings. The van der Waals surface area contributed by atoms with E-state index in [0.29, 0.717) is 17.1 Å².